The molecule has 1 aromatic rings. The van der Waals surface area contributed by atoms with E-state index in [-0.39, 0.29) is 5.91 Å². The molecule has 5 nitrogen and oxygen atoms in total. The van der Waals surface area contributed by atoms with Gasteiger partial charge in [-0.3, -0.25) is 4.79 Å². The SMILES string of the molecule is CCNC(=O)c1ccc(N(C)CC(C)O)c(N)c1. The fraction of sp³-hybridized carbons (Fsp3) is 0.462. The Morgan fingerprint density at radius 3 is 2.72 bits per heavy atom. The number of amides is 1. The Balaban J connectivity index is 2.88. The Morgan fingerprint density at radius 2 is 2.22 bits per heavy atom. The van der Waals surface area contributed by atoms with E-state index in [4.69, 9.17) is 5.73 Å². The average molecular weight is 251 g/mol. The smallest absolute Gasteiger partial charge is 0.251 e. The summed E-state index contributed by atoms with van der Waals surface area (Å²) in [7, 11) is 1.85. The normalized spacial score (nSPS) is 12.0. The molecule has 0 saturated heterocycles. The van der Waals surface area contributed by atoms with Crippen molar-refractivity contribution in [1.82, 2.24) is 5.32 Å². The predicted octanol–water partition coefficient (Wildman–Crippen LogP) is 0.836. The molecular formula is C13H21N3O2. The summed E-state index contributed by atoms with van der Waals surface area (Å²) in [5.41, 5.74) is 7.81. The van der Waals surface area contributed by atoms with E-state index < -0.39 is 6.10 Å². The van der Waals surface area contributed by atoms with Gasteiger partial charge in [-0.25, -0.2) is 0 Å². The van der Waals surface area contributed by atoms with Crippen LogP contribution in [0.15, 0.2) is 18.2 Å². The maximum Gasteiger partial charge on any atom is 0.251 e. The second-order valence-corrected chi connectivity index (χ2v) is 4.36. The minimum Gasteiger partial charge on any atom is -0.397 e. The molecule has 0 aliphatic rings. The number of carbonyl (C=O) groups is 1. The first kappa shape index (κ1) is 14.3. The van der Waals surface area contributed by atoms with E-state index in [1.54, 1.807) is 25.1 Å². The number of aliphatic hydroxyl groups is 1. The molecule has 0 aliphatic carbocycles. The molecule has 0 bridgehead atoms. The maximum atomic E-state index is 11.6. The molecule has 0 heterocycles. The van der Waals surface area contributed by atoms with E-state index in [1.807, 2.05) is 18.9 Å². The summed E-state index contributed by atoms with van der Waals surface area (Å²) in [5.74, 6) is -0.131. The Hall–Kier alpha value is -1.75. The first-order chi connectivity index (χ1) is 8.45. The van der Waals surface area contributed by atoms with Crippen LogP contribution >= 0.6 is 0 Å². The molecule has 0 spiro atoms. The van der Waals surface area contributed by atoms with Crippen molar-refractivity contribution >= 4 is 17.3 Å². The van der Waals surface area contributed by atoms with Crippen molar-refractivity contribution < 1.29 is 9.90 Å². The number of likely N-dealkylation sites (N-methyl/N-ethyl adjacent to an activating group) is 1. The lowest BCUT2D eigenvalue weighted by Gasteiger charge is -2.22. The van der Waals surface area contributed by atoms with E-state index in [9.17, 15) is 9.90 Å². The van der Waals surface area contributed by atoms with E-state index in [0.717, 1.165) is 5.69 Å². The third-order valence-corrected chi connectivity index (χ3v) is 2.58. The number of nitrogen functional groups attached to an aromatic ring is 1. The lowest BCUT2D eigenvalue weighted by Crippen LogP contribution is -2.28. The zero-order chi connectivity index (χ0) is 13.7. The van der Waals surface area contributed by atoms with Gasteiger partial charge in [0.05, 0.1) is 17.5 Å². The van der Waals surface area contributed by atoms with Gasteiger partial charge in [-0.15, -0.1) is 0 Å². The third kappa shape index (κ3) is 3.63. The van der Waals surface area contributed by atoms with Gasteiger partial charge in [0, 0.05) is 25.7 Å². The van der Waals surface area contributed by atoms with Gasteiger partial charge in [0.2, 0.25) is 0 Å². The van der Waals surface area contributed by atoms with Gasteiger partial charge < -0.3 is 21.1 Å². The van der Waals surface area contributed by atoms with Crippen molar-refractivity contribution in [2.45, 2.75) is 20.0 Å². The molecule has 5 heteroatoms. The lowest BCUT2D eigenvalue weighted by atomic mass is 10.1. The number of nitrogens with zero attached hydrogens (tertiary/aromatic N) is 1. The standard InChI is InChI=1S/C13H21N3O2/c1-4-15-13(18)10-5-6-12(11(14)7-10)16(3)8-9(2)17/h5-7,9,17H,4,8,14H2,1-3H3,(H,15,18). The molecule has 4 N–H and O–H groups in total. The molecule has 0 aromatic heterocycles. The van der Waals surface area contributed by atoms with Crippen molar-refractivity contribution in [2.75, 3.05) is 30.8 Å². The van der Waals surface area contributed by atoms with Gasteiger partial charge in [-0.2, -0.15) is 0 Å². The second-order valence-electron chi connectivity index (χ2n) is 4.36. The molecule has 1 rings (SSSR count). The highest BCUT2D eigenvalue weighted by Crippen LogP contribution is 2.23. The fourth-order valence-corrected chi connectivity index (χ4v) is 1.80. The zero-order valence-corrected chi connectivity index (χ0v) is 11.1. The molecule has 1 unspecified atom stereocenters. The monoisotopic (exact) mass is 251 g/mol. The number of hydrogen-bond donors (Lipinski definition) is 3. The molecule has 1 atom stereocenters. The highest BCUT2D eigenvalue weighted by molar-refractivity contribution is 5.96. The van der Waals surface area contributed by atoms with Gasteiger partial charge in [0.1, 0.15) is 0 Å². The van der Waals surface area contributed by atoms with Crippen LogP contribution < -0.4 is 16.0 Å². The Kier molecular flexibility index (Phi) is 4.97. The molecule has 0 fully saturated rings. The number of aliphatic hydroxyl groups excluding tert-OH is 1. The van der Waals surface area contributed by atoms with E-state index in [1.165, 1.54) is 0 Å². The number of hydrogen-bond acceptors (Lipinski definition) is 4. The quantitative estimate of drug-likeness (QED) is 0.677. The molecule has 18 heavy (non-hydrogen) atoms. The summed E-state index contributed by atoms with van der Waals surface area (Å²) in [6, 6.07) is 5.18. The van der Waals surface area contributed by atoms with Crippen molar-refractivity contribution in [1.29, 1.82) is 0 Å². The largest absolute Gasteiger partial charge is 0.397 e. The van der Waals surface area contributed by atoms with Crippen LogP contribution in [0, 0.1) is 0 Å². The van der Waals surface area contributed by atoms with Crippen LogP contribution in [0.5, 0.6) is 0 Å². The molecule has 1 aromatic carbocycles. The number of nitrogens with two attached hydrogens (primary N) is 1. The zero-order valence-electron chi connectivity index (χ0n) is 11.1. The van der Waals surface area contributed by atoms with Crippen LogP contribution in [0.25, 0.3) is 0 Å². The molecule has 0 aliphatic heterocycles. The Bertz CT molecular complexity index is 419. The van der Waals surface area contributed by atoms with Crippen molar-refractivity contribution in [3.8, 4) is 0 Å². The lowest BCUT2D eigenvalue weighted by molar-refractivity contribution is 0.0956. The summed E-state index contributed by atoms with van der Waals surface area (Å²) in [4.78, 5) is 13.5. The highest BCUT2D eigenvalue weighted by atomic mass is 16.3. The van der Waals surface area contributed by atoms with E-state index in [0.29, 0.717) is 24.3 Å². The van der Waals surface area contributed by atoms with Crippen molar-refractivity contribution in [2.24, 2.45) is 0 Å². The van der Waals surface area contributed by atoms with Crippen LogP contribution in [0.1, 0.15) is 24.2 Å². The molecular weight excluding hydrogens is 230 g/mol. The van der Waals surface area contributed by atoms with Gasteiger partial charge in [-0.1, -0.05) is 0 Å². The summed E-state index contributed by atoms with van der Waals surface area (Å²) in [6.07, 6.45) is -0.433. The summed E-state index contributed by atoms with van der Waals surface area (Å²) < 4.78 is 0. The van der Waals surface area contributed by atoms with Gasteiger partial charge in [0.25, 0.3) is 5.91 Å². The predicted molar refractivity (Wildman–Crippen MR) is 73.8 cm³/mol. The number of anilines is 2. The fourth-order valence-electron chi connectivity index (χ4n) is 1.80. The minimum absolute atomic E-state index is 0.131. The van der Waals surface area contributed by atoms with Crippen molar-refractivity contribution in [3.63, 3.8) is 0 Å². The minimum atomic E-state index is -0.433. The van der Waals surface area contributed by atoms with Gasteiger partial charge in [-0.05, 0) is 32.0 Å². The van der Waals surface area contributed by atoms with Gasteiger partial charge in [0.15, 0.2) is 0 Å². The highest BCUT2D eigenvalue weighted by Gasteiger charge is 2.11. The summed E-state index contributed by atoms with van der Waals surface area (Å²) in [6.45, 7) is 4.66. The maximum absolute atomic E-state index is 11.6. The number of carbonyl (C=O) groups excluding carboxylic acids is 1. The number of benzene rings is 1. The van der Waals surface area contributed by atoms with Crippen LogP contribution in [-0.2, 0) is 0 Å². The van der Waals surface area contributed by atoms with E-state index >= 15 is 0 Å². The first-order valence-corrected chi connectivity index (χ1v) is 6.02. The second kappa shape index (κ2) is 6.26. The number of nitrogens with one attached hydrogen (secondary N) is 1. The summed E-state index contributed by atoms with van der Waals surface area (Å²) >= 11 is 0. The molecule has 1 amide bonds. The van der Waals surface area contributed by atoms with Crippen LogP contribution in [-0.4, -0.2) is 37.3 Å². The third-order valence-electron chi connectivity index (χ3n) is 2.58. The van der Waals surface area contributed by atoms with Crippen LogP contribution in [0.4, 0.5) is 11.4 Å². The van der Waals surface area contributed by atoms with Crippen LogP contribution in [0.3, 0.4) is 0 Å². The van der Waals surface area contributed by atoms with Gasteiger partial charge >= 0.3 is 0 Å². The first-order valence-electron chi connectivity index (χ1n) is 6.02. The van der Waals surface area contributed by atoms with E-state index in [2.05, 4.69) is 5.32 Å². The molecule has 0 saturated carbocycles. The number of rotatable bonds is 5. The Morgan fingerprint density at radius 1 is 1.56 bits per heavy atom. The average Bonchev–Trinajstić information content (AvgIpc) is 2.28. The van der Waals surface area contributed by atoms with Crippen molar-refractivity contribution in [3.05, 3.63) is 23.8 Å². The molecule has 0 radical (unpaired) electrons. The molecule has 100 valence electrons. The Labute approximate surface area is 108 Å². The topological polar surface area (TPSA) is 78.6 Å². The summed E-state index contributed by atoms with van der Waals surface area (Å²) in [5, 5.41) is 12.1. The van der Waals surface area contributed by atoms with Crippen LogP contribution in [0.2, 0.25) is 0 Å².